The number of esters is 1. The van der Waals surface area contributed by atoms with Crippen LogP contribution in [0, 0.1) is 5.92 Å². The molecule has 0 unspecified atom stereocenters. The Morgan fingerprint density at radius 2 is 1.96 bits per heavy atom. The van der Waals surface area contributed by atoms with E-state index in [2.05, 4.69) is 14.9 Å². The van der Waals surface area contributed by atoms with Gasteiger partial charge in [-0.3, -0.25) is 4.79 Å². The van der Waals surface area contributed by atoms with E-state index in [-0.39, 0.29) is 11.7 Å². The number of carboxylic acids is 1. The third-order valence-corrected chi connectivity index (χ3v) is 3.99. The first-order chi connectivity index (χ1) is 11.2. The summed E-state index contributed by atoms with van der Waals surface area (Å²) in [6.07, 6.45) is 4.46. The number of rotatable bonds is 5. The maximum atomic E-state index is 11.8. The quantitative estimate of drug-likeness (QED) is 0.826. The van der Waals surface area contributed by atoms with Crippen LogP contribution in [-0.4, -0.2) is 45.7 Å². The molecule has 0 amide bonds. The Kier molecular flexibility index (Phi) is 5.75. The van der Waals surface area contributed by atoms with E-state index in [0.717, 1.165) is 32.4 Å². The molecule has 1 N–H and O–H groups in total. The predicted molar refractivity (Wildman–Crippen MR) is 89.0 cm³/mol. The molecule has 1 aromatic rings. The van der Waals surface area contributed by atoms with E-state index in [1.165, 1.54) is 12.4 Å². The smallest absolute Gasteiger partial charge is 0.354 e. The Labute approximate surface area is 142 Å². The van der Waals surface area contributed by atoms with Crippen LogP contribution >= 0.6 is 0 Å². The van der Waals surface area contributed by atoms with E-state index in [1.807, 2.05) is 20.8 Å². The van der Waals surface area contributed by atoms with Crippen molar-refractivity contribution < 1.29 is 19.4 Å². The fourth-order valence-corrected chi connectivity index (χ4v) is 2.80. The van der Waals surface area contributed by atoms with E-state index in [9.17, 15) is 9.59 Å². The lowest BCUT2D eigenvalue weighted by atomic mass is 9.92. The highest BCUT2D eigenvalue weighted by Gasteiger charge is 2.23. The molecule has 1 aliphatic heterocycles. The van der Waals surface area contributed by atoms with Gasteiger partial charge < -0.3 is 14.7 Å². The molecular weight excluding hydrogens is 310 g/mol. The number of hydrogen-bond donors (Lipinski definition) is 1. The van der Waals surface area contributed by atoms with Crippen molar-refractivity contribution in [2.75, 3.05) is 18.0 Å². The number of nitrogens with zero attached hydrogens (tertiary/aromatic N) is 3. The normalized spacial score (nSPS) is 16.0. The van der Waals surface area contributed by atoms with Crippen LogP contribution in [0.25, 0.3) is 0 Å². The van der Waals surface area contributed by atoms with E-state index in [4.69, 9.17) is 9.84 Å². The molecule has 0 saturated carbocycles. The van der Waals surface area contributed by atoms with Crippen LogP contribution in [0.1, 0.15) is 56.9 Å². The molecule has 0 spiro atoms. The minimum absolute atomic E-state index is 0.00653. The van der Waals surface area contributed by atoms with Crippen molar-refractivity contribution in [3.8, 4) is 0 Å². The lowest BCUT2D eigenvalue weighted by Gasteiger charge is -2.32. The predicted octanol–water partition coefficient (Wildman–Crippen LogP) is 2.51. The van der Waals surface area contributed by atoms with Crippen molar-refractivity contribution in [1.82, 2.24) is 9.97 Å². The van der Waals surface area contributed by atoms with Gasteiger partial charge in [0.05, 0.1) is 0 Å². The van der Waals surface area contributed by atoms with Crippen LogP contribution in [0.5, 0.6) is 0 Å². The highest BCUT2D eigenvalue weighted by Crippen LogP contribution is 2.25. The van der Waals surface area contributed by atoms with Gasteiger partial charge in [-0.1, -0.05) is 0 Å². The molecule has 1 fully saturated rings. The number of anilines is 1. The third kappa shape index (κ3) is 5.47. The molecule has 0 aromatic carbocycles. The summed E-state index contributed by atoms with van der Waals surface area (Å²) in [4.78, 5) is 32.7. The Morgan fingerprint density at radius 1 is 1.29 bits per heavy atom. The van der Waals surface area contributed by atoms with Crippen LogP contribution in [0.2, 0.25) is 0 Å². The first-order valence-electron chi connectivity index (χ1n) is 8.27. The van der Waals surface area contributed by atoms with Gasteiger partial charge in [0.1, 0.15) is 17.7 Å². The lowest BCUT2D eigenvalue weighted by Crippen LogP contribution is -2.34. The summed E-state index contributed by atoms with van der Waals surface area (Å²) in [7, 11) is 0. The van der Waals surface area contributed by atoms with Crippen LogP contribution in [0.3, 0.4) is 0 Å². The second kappa shape index (κ2) is 7.59. The number of aromatic carboxylic acids is 1. The van der Waals surface area contributed by atoms with Gasteiger partial charge in [0.2, 0.25) is 0 Å². The Morgan fingerprint density at radius 3 is 2.54 bits per heavy atom. The number of piperidine rings is 1. The highest BCUT2D eigenvalue weighted by molar-refractivity contribution is 5.86. The Bertz CT molecular complexity index is 590. The first kappa shape index (κ1) is 18.2. The number of hydrogen-bond acceptors (Lipinski definition) is 6. The fraction of sp³-hybridized carbons (Fsp3) is 0.647. The van der Waals surface area contributed by atoms with Crippen molar-refractivity contribution in [1.29, 1.82) is 0 Å². The summed E-state index contributed by atoms with van der Waals surface area (Å²) in [5.41, 5.74) is -0.429. The van der Waals surface area contributed by atoms with Crippen molar-refractivity contribution in [3.63, 3.8) is 0 Å². The second-order valence-corrected chi connectivity index (χ2v) is 7.12. The van der Waals surface area contributed by atoms with Gasteiger partial charge in [-0.05, 0) is 46.0 Å². The number of carboxylic acid groups (broad SMARTS) is 1. The molecule has 1 saturated heterocycles. The Hall–Kier alpha value is -2.18. The molecule has 0 bridgehead atoms. The summed E-state index contributed by atoms with van der Waals surface area (Å²) in [5.74, 6) is -0.0692. The average Bonchev–Trinajstić information content (AvgIpc) is 2.52. The molecule has 7 heteroatoms. The summed E-state index contributed by atoms with van der Waals surface area (Å²) >= 11 is 0. The van der Waals surface area contributed by atoms with E-state index in [0.29, 0.717) is 18.2 Å². The van der Waals surface area contributed by atoms with Gasteiger partial charge in [-0.25, -0.2) is 14.8 Å². The highest BCUT2D eigenvalue weighted by atomic mass is 16.6. The van der Waals surface area contributed by atoms with Crippen molar-refractivity contribution in [2.24, 2.45) is 5.92 Å². The molecule has 132 valence electrons. The molecule has 24 heavy (non-hydrogen) atoms. The van der Waals surface area contributed by atoms with E-state index >= 15 is 0 Å². The second-order valence-electron chi connectivity index (χ2n) is 7.12. The molecular formula is C17H25N3O4. The van der Waals surface area contributed by atoms with Gasteiger partial charge in [0, 0.05) is 25.6 Å². The van der Waals surface area contributed by atoms with Crippen LogP contribution in [0.15, 0.2) is 12.4 Å². The summed E-state index contributed by atoms with van der Waals surface area (Å²) in [6.45, 7) is 7.22. The molecule has 7 nitrogen and oxygen atoms in total. The van der Waals surface area contributed by atoms with Gasteiger partial charge >= 0.3 is 11.9 Å². The summed E-state index contributed by atoms with van der Waals surface area (Å²) in [6, 6.07) is 1.50. The number of carbonyl (C=O) groups is 2. The molecule has 0 atom stereocenters. The minimum atomic E-state index is -1.05. The van der Waals surface area contributed by atoms with Gasteiger partial charge in [0.25, 0.3) is 0 Å². The number of carbonyl (C=O) groups excluding carboxylic acids is 1. The monoisotopic (exact) mass is 335 g/mol. The number of aromatic nitrogens is 2. The zero-order valence-electron chi connectivity index (χ0n) is 14.5. The SMILES string of the molecule is CC(C)(C)OC(=O)CCC1CCN(c2cc(C(=O)O)ncn2)CC1. The molecule has 0 aliphatic carbocycles. The van der Waals surface area contributed by atoms with Crippen LogP contribution < -0.4 is 4.90 Å². The lowest BCUT2D eigenvalue weighted by molar-refractivity contribution is -0.155. The van der Waals surface area contributed by atoms with Gasteiger partial charge in [-0.15, -0.1) is 0 Å². The van der Waals surface area contributed by atoms with Crippen LogP contribution in [0.4, 0.5) is 5.82 Å². The zero-order valence-corrected chi connectivity index (χ0v) is 14.5. The van der Waals surface area contributed by atoms with E-state index in [1.54, 1.807) is 0 Å². The van der Waals surface area contributed by atoms with Crippen LogP contribution in [-0.2, 0) is 9.53 Å². The Balaban J connectivity index is 1.80. The molecule has 2 rings (SSSR count). The fourth-order valence-electron chi connectivity index (χ4n) is 2.80. The largest absolute Gasteiger partial charge is 0.477 e. The molecule has 1 aromatic heterocycles. The number of ether oxygens (including phenoxy) is 1. The topological polar surface area (TPSA) is 92.6 Å². The zero-order chi connectivity index (χ0) is 17.7. The van der Waals surface area contributed by atoms with Gasteiger partial charge in [-0.2, -0.15) is 0 Å². The average molecular weight is 335 g/mol. The summed E-state index contributed by atoms with van der Waals surface area (Å²) < 4.78 is 5.33. The first-order valence-corrected chi connectivity index (χ1v) is 8.27. The standard InChI is InChI=1S/C17H25N3O4/c1-17(2,3)24-15(21)5-4-12-6-8-20(9-7-12)14-10-13(16(22)23)18-11-19-14/h10-12H,4-9H2,1-3H3,(H,22,23). The molecule has 0 radical (unpaired) electrons. The minimum Gasteiger partial charge on any atom is -0.477 e. The van der Waals surface area contributed by atoms with Crippen molar-refractivity contribution in [2.45, 2.75) is 52.1 Å². The maximum absolute atomic E-state index is 11.8. The molecule has 2 heterocycles. The van der Waals surface area contributed by atoms with Gasteiger partial charge in [0.15, 0.2) is 5.69 Å². The third-order valence-electron chi connectivity index (χ3n) is 3.99. The van der Waals surface area contributed by atoms with Crippen molar-refractivity contribution >= 4 is 17.8 Å². The van der Waals surface area contributed by atoms with E-state index < -0.39 is 11.6 Å². The summed E-state index contributed by atoms with van der Waals surface area (Å²) in [5, 5.41) is 9.00. The molecule has 1 aliphatic rings. The maximum Gasteiger partial charge on any atom is 0.354 e. The van der Waals surface area contributed by atoms with Crippen molar-refractivity contribution in [3.05, 3.63) is 18.1 Å².